The summed E-state index contributed by atoms with van der Waals surface area (Å²) in [5, 5.41) is 3.65. The van der Waals surface area contributed by atoms with Crippen LogP contribution in [-0.2, 0) is 0 Å². The maximum absolute atomic E-state index is 6.05. The fourth-order valence-electron chi connectivity index (χ4n) is 2.77. The smallest absolute Gasteiger partial charge is 0.125 e. The fraction of sp³-hybridized carbons (Fsp3) is 0.333. The van der Waals surface area contributed by atoms with Gasteiger partial charge in [-0.15, -0.1) is 11.8 Å². The van der Waals surface area contributed by atoms with Gasteiger partial charge in [-0.2, -0.15) is 0 Å². The van der Waals surface area contributed by atoms with E-state index in [1.165, 1.54) is 10.5 Å². The Morgan fingerprint density at radius 3 is 2.57 bits per heavy atom. The second-order valence-electron chi connectivity index (χ2n) is 5.79. The van der Waals surface area contributed by atoms with E-state index in [2.05, 4.69) is 67.7 Å². The average molecular weight is 299 g/mol. The van der Waals surface area contributed by atoms with Gasteiger partial charge in [0.25, 0.3) is 0 Å². The SMILES string of the molecule is CC1(C)Oc2ccccc2C1NCCSc1ccccc1. The molecule has 1 atom stereocenters. The molecule has 2 nitrogen and oxygen atoms in total. The Kier molecular flexibility index (Phi) is 4.22. The molecule has 2 aromatic rings. The number of benzene rings is 2. The van der Waals surface area contributed by atoms with Crippen molar-refractivity contribution in [1.82, 2.24) is 5.32 Å². The lowest BCUT2D eigenvalue weighted by molar-refractivity contribution is 0.0975. The number of rotatable bonds is 5. The van der Waals surface area contributed by atoms with Gasteiger partial charge >= 0.3 is 0 Å². The first-order valence-electron chi connectivity index (χ1n) is 7.36. The quantitative estimate of drug-likeness (QED) is 0.657. The standard InChI is InChI=1S/C18H21NOS/c1-18(2)17(15-10-6-7-11-16(15)20-18)19-12-13-21-14-8-4-3-5-9-14/h3-11,17,19H,12-13H2,1-2H3. The molecule has 3 rings (SSSR count). The highest BCUT2D eigenvalue weighted by Gasteiger charge is 2.40. The highest BCUT2D eigenvalue weighted by molar-refractivity contribution is 7.99. The van der Waals surface area contributed by atoms with E-state index in [-0.39, 0.29) is 11.6 Å². The van der Waals surface area contributed by atoms with E-state index < -0.39 is 0 Å². The first-order valence-corrected chi connectivity index (χ1v) is 8.34. The number of nitrogens with one attached hydrogen (secondary N) is 1. The van der Waals surface area contributed by atoms with Crippen LogP contribution in [0.3, 0.4) is 0 Å². The number of thioether (sulfide) groups is 1. The van der Waals surface area contributed by atoms with Crippen molar-refractivity contribution in [3.05, 3.63) is 60.2 Å². The Labute approximate surface area is 130 Å². The minimum atomic E-state index is -0.193. The minimum Gasteiger partial charge on any atom is -0.486 e. The van der Waals surface area contributed by atoms with Gasteiger partial charge in [-0.1, -0.05) is 36.4 Å². The predicted molar refractivity (Wildman–Crippen MR) is 89.1 cm³/mol. The Morgan fingerprint density at radius 2 is 1.76 bits per heavy atom. The summed E-state index contributed by atoms with van der Waals surface area (Å²) in [6.45, 7) is 5.26. The fourth-order valence-corrected chi connectivity index (χ4v) is 3.58. The molecule has 1 aliphatic rings. The van der Waals surface area contributed by atoms with Crippen LogP contribution in [0.2, 0.25) is 0 Å². The van der Waals surface area contributed by atoms with Gasteiger partial charge in [0.05, 0.1) is 6.04 Å². The summed E-state index contributed by atoms with van der Waals surface area (Å²) < 4.78 is 6.05. The van der Waals surface area contributed by atoms with E-state index >= 15 is 0 Å². The minimum absolute atomic E-state index is 0.193. The van der Waals surface area contributed by atoms with Crippen molar-refractivity contribution in [3.63, 3.8) is 0 Å². The lowest BCUT2D eigenvalue weighted by Gasteiger charge is -2.27. The molecule has 21 heavy (non-hydrogen) atoms. The van der Waals surface area contributed by atoms with Gasteiger partial charge in [-0.3, -0.25) is 0 Å². The van der Waals surface area contributed by atoms with Crippen LogP contribution < -0.4 is 10.1 Å². The lowest BCUT2D eigenvalue weighted by atomic mass is 9.94. The molecule has 1 heterocycles. The molecule has 2 aromatic carbocycles. The van der Waals surface area contributed by atoms with Crippen LogP contribution in [-0.4, -0.2) is 17.9 Å². The third-order valence-corrected chi connectivity index (χ3v) is 4.77. The maximum atomic E-state index is 6.05. The van der Waals surface area contributed by atoms with Gasteiger partial charge in [-0.05, 0) is 32.0 Å². The second-order valence-corrected chi connectivity index (χ2v) is 6.96. The second kappa shape index (κ2) is 6.12. The first kappa shape index (κ1) is 14.5. The molecule has 1 aliphatic heterocycles. The van der Waals surface area contributed by atoms with Crippen LogP contribution in [0.4, 0.5) is 0 Å². The van der Waals surface area contributed by atoms with Gasteiger partial charge < -0.3 is 10.1 Å². The summed E-state index contributed by atoms with van der Waals surface area (Å²) in [4.78, 5) is 1.32. The molecule has 110 valence electrons. The molecule has 1 N–H and O–H groups in total. The van der Waals surface area contributed by atoms with Gasteiger partial charge in [0.1, 0.15) is 11.4 Å². The maximum Gasteiger partial charge on any atom is 0.125 e. The molecule has 0 saturated carbocycles. The molecular formula is C18H21NOS. The number of ether oxygens (including phenoxy) is 1. The zero-order valence-electron chi connectivity index (χ0n) is 12.5. The monoisotopic (exact) mass is 299 g/mol. The number of hydrogen-bond donors (Lipinski definition) is 1. The Morgan fingerprint density at radius 1 is 1.05 bits per heavy atom. The third-order valence-electron chi connectivity index (χ3n) is 3.76. The van der Waals surface area contributed by atoms with Crippen LogP contribution >= 0.6 is 11.8 Å². The lowest BCUT2D eigenvalue weighted by Crippen LogP contribution is -2.39. The van der Waals surface area contributed by atoms with Gasteiger partial charge in [-0.25, -0.2) is 0 Å². The Balaban J connectivity index is 1.57. The van der Waals surface area contributed by atoms with E-state index in [0.29, 0.717) is 0 Å². The van der Waals surface area contributed by atoms with Crippen molar-refractivity contribution < 1.29 is 4.74 Å². The van der Waals surface area contributed by atoms with Gasteiger partial charge in [0.2, 0.25) is 0 Å². The van der Waals surface area contributed by atoms with Crippen LogP contribution in [0.15, 0.2) is 59.5 Å². The van der Waals surface area contributed by atoms with E-state index in [4.69, 9.17) is 4.74 Å². The molecule has 0 amide bonds. The molecule has 0 saturated heterocycles. The van der Waals surface area contributed by atoms with E-state index in [1.54, 1.807) is 0 Å². The van der Waals surface area contributed by atoms with E-state index in [0.717, 1.165) is 18.0 Å². The Bertz CT molecular complexity index is 597. The summed E-state index contributed by atoms with van der Waals surface area (Å²) in [5.41, 5.74) is 1.08. The van der Waals surface area contributed by atoms with E-state index in [9.17, 15) is 0 Å². The summed E-state index contributed by atoms with van der Waals surface area (Å²) in [6, 6.07) is 19.1. The molecular weight excluding hydrogens is 278 g/mol. The predicted octanol–water partition coefficient (Wildman–Crippen LogP) is 4.28. The summed E-state index contributed by atoms with van der Waals surface area (Å²) >= 11 is 1.88. The normalized spacial score (nSPS) is 19.0. The van der Waals surface area contributed by atoms with Crippen molar-refractivity contribution in [2.45, 2.75) is 30.4 Å². The number of hydrogen-bond acceptors (Lipinski definition) is 3. The van der Waals surface area contributed by atoms with Crippen LogP contribution in [0.5, 0.6) is 5.75 Å². The Hall–Kier alpha value is -1.45. The highest BCUT2D eigenvalue weighted by atomic mass is 32.2. The molecule has 0 bridgehead atoms. The topological polar surface area (TPSA) is 21.3 Å². The number of fused-ring (bicyclic) bond motifs is 1. The van der Waals surface area contributed by atoms with Gasteiger partial charge in [0, 0.05) is 22.8 Å². The van der Waals surface area contributed by atoms with Crippen molar-refractivity contribution in [1.29, 1.82) is 0 Å². The largest absolute Gasteiger partial charge is 0.486 e. The van der Waals surface area contributed by atoms with Crippen molar-refractivity contribution in [2.24, 2.45) is 0 Å². The van der Waals surface area contributed by atoms with Crippen LogP contribution in [0, 0.1) is 0 Å². The molecule has 0 aliphatic carbocycles. The van der Waals surface area contributed by atoms with Crippen LogP contribution in [0.1, 0.15) is 25.5 Å². The molecule has 0 radical (unpaired) electrons. The zero-order chi connectivity index (χ0) is 14.7. The zero-order valence-corrected chi connectivity index (χ0v) is 13.3. The highest BCUT2D eigenvalue weighted by Crippen LogP contribution is 2.42. The first-order chi connectivity index (χ1) is 10.2. The van der Waals surface area contributed by atoms with Crippen LogP contribution in [0.25, 0.3) is 0 Å². The molecule has 0 fully saturated rings. The van der Waals surface area contributed by atoms with Crippen molar-refractivity contribution >= 4 is 11.8 Å². The molecule has 0 spiro atoms. The summed E-state index contributed by atoms with van der Waals surface area (Å²) in [7, 11) is 0. The summed E-state index contributed by atoms with van der Waals surface area (Å²) in [6.07, 6.45) is 0. The third kappa shape index (κ3) is 3.25. The van der Waals surface area contributed by atoms with Crippen molar-refractivity contribution in [3.8, 4) is 5.75 Å². The molecule has 3 heteroatoms. The van der Waals surface area contributed by atoms with Gasteiger partial charge in [0.15, 0.2) is 0 Å². The van der Waals surface area contributed by atoms with E-state index in [1.807, 2.05) is 17.8 Å². The average Bonchev–Trinajstić information content (AvgIpc) is 2.75. The molecule has 1 unspecified atom stereocenters. The summed E-state index contributed by atoms with van der Waals surface area (Å²) in [5.74, 6) is 2.06. The van der Waals surface area contributed by atoms with Crippen molar-refractivity contribution in [2.75, 3.05) is 12.3 Å². The molecule has 0 aromatic heterocycles. The number of para-hydroxylation sites is 1.